The summed E-state index contributed by atoms with van der Waals surface area (Å²) in [5.41, 5.74) is 0.707. The summed E-state index contributed by atoms with van der Waals surface area (Å²) in [6, 6.07) is 9.20. The smallest absolute Gasteiger partial charge is 0.255 e. The van der Waals surface area contributed by atoms with Crippen molar-refractivity contribution >= 4 is 25.4 Å². The van der Waals surface area contributed by atoms with Gasteiger partial charge in [-0.2, -0.15) is 0 Å². The highest BCUT2D eigenvalue weighted by Gasteiger charge is 2.21. The first-order valence-electron chi connectivity index (χ1n) is 6.36. The lowest BCUT2D eigenvalue weighted by molar-refractivity contribution is 0.108. The van der Waals surface area contributed by atoms with Crippen LogP contribution in [-0.4, -0.2) is 40.1 Å². The third kappa shape index (κ3) is 4.86. The summed E-state index contributed by atoms with van der Waals surface area (Å²) < 4.78 is 7.36. The Morgan fingerprint density at radius 3 is 2.68 bits per heavy atom. The standard InChI is InChI=1S/C13H18NO3PS/c15-13(12-6-2-1-3-7-12)19-11-10-17-18(16)14-8-4-5-9-14/h1-3,6-7,16H,4-5,8-11H2. The van der Waals surface area contributed by atoms with E-state index in [9.17, 15) is 9.69 Å². The molecule has 1 heterocycles. The van der Waals surface area contributed by atoms with Crippen LogP contribution in [0.25, 0.3) is 0 Å². The number of carbonyl (C=O) groups is 1. The van der Waals surface area contributed by atoms with Crippen LogP contribution in [0, 0.1) is 0 Å². The van der Waals surface area contributed by atoms with Gasteiger partial charge in [0, 0.05) is 24.4 Å². The van der Waals surface area contributed by atoms with Gasteiger partial charge in [0.1, 0.15) is 0 Å². The predicted octanol–water partition coefficient (Wildman–Crippen LogP) is 2.89. The first kappa shape index (κ1) is 14.9. The molecular formula is C13H18NO3PS. The Bertz CT molecular complexity index is 398. The van der Waals surface area contributed by atoms with Gasteiger partial charge in [-0.1, -0.05) is 42.1 Å². The van der Waals surface area contributed by atoms with E-state index >= 15 is 0 Å². The lowest BCUT2D eigenvalue weighted by atomic mass is 10.2. The van der Waals surface area contributed by atoms with Crippen molar-refractivity contribution in [1.82, 2.24) is 4.67 Å². The highest BCUT2D eigenvalue weighted by atomic mass is 32.2. The van der Waals surface area contributed by atoms with E-state index in [0.29, 0.717) is 17.9 Å². The molecule has 0 spiro atoms. The average molecular weight is 299 g/mol. The molecule has 1 aliphatic heterocycles. The van der Waals surface area contributed by atoms with Crippen LogP contribution in [-0.2, 0) is 4.52 Å². The molecule has 0 radical (unpaired) electrons. The zero-order valence-corrected chi connectivity index (χ0v) is 12.4. The fraction of sp³-hybridized carbons (Fsp3) is 0.462. The van der Waals surface area contributed by atoms with Gasteiger partial charge in [-0.15, -0.1) is 0 Å². The molecule has 1 saturated heterocycles. The summed E-state index contributed by atoms with van der Waals surface area (Å²) in [5, 5.41) is 0.0487. The van der Waals surface area contributed by atoms with Crippen molar-refractivity contribution in [3.63, 3.8) is 0 Å². The topological polar surface area (TPSA) is 49.8 Å². The van der Waals surface area contributed by atoms with Gasteiger partial charge in [0.25, 0.3) is 8.53 Å². The Labute approximate surface area is 119 Å². The minimum absolute atomic E-state index is 0.0487. The van der Waals surface area contributed by atoms with Gasteiger partial charge in [-0.05, 0) is 12.8 Å². The molecule has 0 amide bonds. The second kappa shape index (κ2) is 7.98. The minimum atomic E-state index is -1.46. The number of hydrogen-bond donors (Lipinski definition) is 1. The van der Waals surface area contributed by atoms with E-state index < -0.39 is 8.53 Å². The van der Waals surface area contributed by atoms with Crippen molar-refractivity contribution in [3.05, 3.63) is 35.9 Å². The summed E-state index contributed by atoms with van der Waals surface area (Å²) in [5.74, 6) is 0.570. The Kier molecular flexibility index (Phi) is 6.28. The number of thioether (sulfide) groups is 1. The maximum absolute atomic E-state index is 11.8. The van der Waals surface area contributed by atoms with E-state index in [0.717, 1.165) is 25.9 Å². The Morgan fingerprint density at radius 2 is 2.00 bits per heavy atom. The van der Waals surface area contributed by atoms with Crippen LogP contribution in [0.5, 0.6) is 0 Å². The zero-order chi connectivity index (χ0) is 13.5. The first-order valence-corrected chi connectivity index (χ1v) is 8.51. The van der Waals surface area contributed by atoms with Gasteiger partial charge in [0.05, 0.1) is 6.61 Å². The molecule has 19 heavy (non-hydrogen) atoms. The van der Waals surface area contributed by atoms with E-state index in [-0.39, 0.29) is 5.12 Å². The average Bonchev–Trinajstić information content (AvgIpc) is 2.98. The molecule has 0 bridgehead atoms. The summed E-state index contributed by atoms with van der Waals surface area (Å²) in [6.07, 6.45) is 2.26. The van der Waals surface area contributed by atoms with Crippen molar-refractivity contribution < 1.29 is 14.2 Å². The Balaban J connectivity index is 1.62. The molecule has 1 aromatic carbocycles. The van der Waals surface area contributed by atoms with Gasteiger partial charge >= 0.3 is 0 Å². The molecule has 0 aliphatic carbocycles. The van der Waals surface area contributed by atoms with Crippen molar-refractivity contribution in [1.29, 1.82) is 0 Å². The van der Waals surface area contributed by atoms with Crippen molar-refractivity contribution in [2.75, 3.05) is 25.4 Å². The number of benzene rings is 1. The van der Waals surface area contributed by atoms with Crippen LogP contribution < -0.4 is 0 Å². The number of nitrogens with zero attached hydrogens (tertiary/aromatic N) is 1. The maximum Gasteiger partial charge on any atom is 0.255 e. The fourth-order valence-electron chi connectivity index (χ4n) is 1.86. The minimum Gasteiger partial charge on any atom is -0.338 e. The molecule has 1 atom stereocenters. The molecule has 1 fully saturated rings. The first-order chi connectivity index (χ1) is 9.27. The monoisotopic (exact) mass is 299 g/mol. The summed E-state index contributed by atoms with van der Waals surface area (Å²) >= 11 is 1.23. The van der Waals surface area contributed by atoms with Gasteiger partial charge in [0.15, 0.2) is 0 Å². The Hall–Kier alpha value is -0.450. The van der Waals surface area contributed by atoms with Crippen LogP contribution in [0.3, 0.4) is 0 Å². The van der Waals surface area contributed by atoms with Crippen molar-refractivity contribution in [3.8, 4) is 0 Å². The fourth-order valence-corrected chi connectivity index (χ4v) is 3.69. The maximum atomic E-state index is 11.8. The third-order valence-electron chi connectivity index (χ3n) is 2.86. The Morgan fingerprint density at radius 1 is 1.32 bits per heavy atom. The van der Waals surface area contributed by atoms with Gasteiger partial charge in [-0.3, -0.25) is 4.79 Å². The van der Waals surface area contributed by atoms with Crippen molar-refractivity contribution in [2.24, 2.45) is 0 Å². The number of rotatable bonds is 6. The second-order valence-corrected chi connectivity index (χ2v) is 6.65. The SMILES string of the molecule is O=C(SCCOP(O)N1CCCC1)c1ccccc1. The van der Waals surface area contributed by atoms with Gasteiger partial charge in [-0.25, -0.2) is 4.67 Å². The molecule has 1 N–H and O–H groups in total. The third-order valence-corrected chi connectivity index (χ3v) is 5.02. The molecule has 0 aromatic heterocycles. The molecule has 1 aromatic rings. The molecule has 6 heteroatoms. The molecule has 2 rings (SSSR count). The van der Waals surface area contributed by atoms with E-state index in [4.69, 9.17) is 4.52 Å². The lowest BCUT2D eigenvalue weighted by Gasteiger charge is -2.19. The quantitative estimate of drug-likeness (QED) is 0.646. The van der Waals surface area contributed by atoms with E-state index in [2.05, 4.69) is 0 Å². The largest absolute Gasteiger partial charge is 0.338 e. The highest BCUT2D eigenvalue weighted by Crippen LogP contribution is 2.39. The molecule has 1 aliphatic rings. The summed E-state index contributed by atoms with van der Waals surface area (Å²) in [6.45, 7) is 2.23. The van der Waals surface area contributed by atoms with Gasteiger partial charge in [0.2, 0.25) is 5.12 Å². The summed E-state index contributed by atoms with van der Waals surface area (Å²) in [7, 11) is -1.46. The summed E-state index contributed by atoms with van der Waals surface area (Å²) in [4.78, 5) is 21.6. The molecule has 4 nitrogen and oxygen atoms in total. The van der Waals surface area contributed by atoms with E-state index in [1.807, 2.05) is 22.9 Å². The van der Waals surface area contributed by atoms with Crippen LogP contribution in [0.2, 0.25) is 0 Å². The normalized spacial score (nSPS) is 17.5. The molecular weight excluding hydrogens is 281 g/mol. The molecule has 0 saturated carbocycles. The second-order valence-electron chi connectivity index (χ2n) is 4.25. The lowest BCUT2D eigenvalue weighted by Crippen LogP contribution is -2.14. The van der Waals surface area contributed by atoms with E-state index in [1.54, 1.807) is 12.1 Å². The predicted molar refractivity (Wildman–Crippen MR) is 79.1 cm³/mol. The van der Waals surface area contributed by atoms with Crippen LogP contribution in [0.4, 0.5) is 0 Å². The van der Waals surface area contributed by atoms with Crippen LogP contribution >= 0.6 is 20.3 Å². The number of hydrogen-bond acceptors (Lipinski definition) is 5. The van der Waals surface area contributed by atoms with Crippen molar-refractivity contribution in [2.45, 2.75) is 12.8 Å². The van der Waals surface area contributed by atoms with Gasteiger partial charge < -0.3 is 9.42 Å². The zero-order valence-electron chi connectivity index (χ0n) is 10.7. The van der Waals surface area contributed by atoms with E-state index in [1.165, 1.54) is 11.8 Å². The number of carbonyl (C=O) groups excluding carboxylic acids is 1. The van der Waals surface area contributed by atoms with Crippen LogP contribution in [0.15, 0.2) is 30.3 Å². The highest BCUT2D eigenvalue weighted by molar-refractivity contribution is 8.14. The van der Waals surface area contributed by atoms with Crippen LogP contribution in [0.1, 0.15) is 23.2 Å². The molecule has 104 valence electrons. The molecule has 1 unspecified atom stereocenters.